The van der Waals surface area contributed by atoms with Gasteiger partial charge in [0.1, 0.15) is 0 Å². The minimum absolute atomic E-state index is 0.718. The molecule has 66 valence electrons. The summed E-state index contributed by atoms with van der Waals surface area (Å²) in [5.74, 6) is 0.718. The molecule has 0 aliphatic carbocycles. The monoisotopic (exact) mass is 166 g/mol. The van der Waals surface area contributed by atoms with Crippen molar-refractivity contribution in [1.82, 2.24) is 9.55 Å². The molecular formula is C8H14N4. The maximum absolute atomic E-state index is 5.54. The SMILES string of the molecule is CCC(N)=NCCn1ccnc1. The Morgan fingerprint density at radius 1 is 1.67 bits per heavy atom. The van der Waals surface area contributed by atoms with Gasteiger partial charge in [0.05, 0.1) is 18.7 Å². The number of rotatable bonds is 4. The van der Waals surface area contributed by atoms with E-state index in [1.807, 2.05) is 17.7 Å². The van der Waals surface area contributed by atoms with Crippen LogP contribution in [0, 0.1) is 0 Å². The molecule has 0 aliphatic rings. The topological polar surface area (TPSA) is 56.2 Å². The minimum atomic E-state index is 0.718. The lowest BCUT2D eigenvalue weighted by Gasteiger charge is -1.98. The molecule has 0 unspecified atom stereocenters. The molecule has 0 spiro atoms. The van der Waals surface area contributed by atoms with E-state index in [1.54, 1.807) is 12.5 Å². The first-order valence-corrected chi connectivity index (χ1v) is 4.07. The van der Waals surface area contributed by atoms with Crippen LogP contribution < -0.4 is 5.73 Å². The van der Waals surface area contributed by atoms with Crippen LogP contribution >= 0.6 is 0 Å². The van der Waals surface area contributed by atoms with E-state index in [4.69, 9.17) is 5.73 Å². The molecule has 0 radical (unpaired) electrons. The molecule has 4 nitrogen and oxygen atoms in total. The first-order chi connectivity index (χ1) is 5.83. The van der Waals surface area contributed by atoms with E-state index in [1.165, 1.54) is 0 Å². The Bertz CT molecular complexity index is 238. The zero-order chi connectivity index (χ0) is 8.81. The maximum atomic E-state index is 5.54. The van der Waals surface area contributed by atoms with Gasteiger partial charge in [-0.2, -0.15) is 0 Å². The normalized spacial score (nSPS) is 11.9. The highest BCUT2D eigenvalue weighted by Gasteiger charge is 1.88. The van der Waals surface area contributed by atoms with Crippen molar-refractivity contribution in [3.8, 4) is 0 Å². The molecule has 1 rings (SSSR count). The number of hydrogen-bond acceptors (Lipinski definition) is 2. The molecule has 0 atom stereocenters. The van der Waals surface area contributed by atoms with Crippen molar-refractivity contribution in [2.24, 2.45) is 10.7 Å². The number of nitrogens with zero attached hydrogens (tertiary/aromatic N) is 3. The lowest BCUT2D eigenvalue weighted by Crippen LogP contribution is -2.11. The lowest BCUT2D eigenvalue weighted by atomic mass is 10.4. The lowest BCUT2D eigenvalue weighted by molar-refractivity contribution is 0.707. The first kappa shape index (κ1) is 8.77. The highest BCUT2D eigenvalue weighted by atomic mass is 15.0. The predicted octanol–water partition coefficient (Wildman–Crippen LogP) is 0.650. The zero-order valence-electron chi connectivity index (χ0n) is 7.27. The summed E-state index contributed by atoms with van der Waals surface area (Å²) in [4.78, 5) is 8.09. The molecule has 0 amide bonds. The highest BCUT2D eigenvalue weighted by molar-refractivity contribution is 5.79. The third kappa shape index (κ3) is 2.74. The van der Waals surface area contributed by atoms with E-state index < -0.39 is 0 Å². The van der Waals surface area contributed by atoms with Crippen LogP contribution in [-0.4, -0.2) is 21.9 Å². The summed E-state index contributed by atoms with van der Waals surface area (Å²) in [7, 11) is 0. The second-order valence-corrected chi connectivity index (χ2v) is 2.53. The second kappa shape index (κ2) is 4.54. The largest absolute Gasteiger partial charge is 0.387 e. The van der Waals surface area contributed by atoms with Crippen LogP contribution in [0.5, 0.6) is 0 Å². The van der Waals surface area contributed by atoms with Gasteiger partial charge in [0.2, 0.25) is 0 Å². The zero-order valence-corrected chi connectivity index (χ0v) is 7.27. The van der Waals surface area contributed by atoms with Crippen molar-refractivity contribution in [3.05, 3.63) is 18.7 Å². The van der Waals surface area contributed by atoms with Gasteiger partial charge in [0, 0.05) is 25.4 Å². The third-order valence-corrected chi connectivity index (χ3v) is 1.59. The Labute approximate surface area is 72.1 Å². The van der Waals surface area contributed by atoms with Crippen LogP contribution in [0.3, 0.4) is 0 Å². The Morgan fingerprint density at radius 3 is 3.08 bits per heavy atom. The number of aromatic nitrogens is 2. The highest BCUT2D eigenvalue weighted by Crippen LogP contribution is 1.86. The fourth-order valence-corrected chi connectivity index (χ4v) is 0.840. The first-order valence-electron chi connectivity index (χ1n) is 4.07. The van der Waals surface area contributed by atoms with Gasteiger partial charge in [0.15, 0.2) is 0 Å². The summed E-state index contributed by atoms with van der Waals surface area (Å²) in [6.07, 6.45) is 6.27. The Hall–Kier alpha value is -1.32. The van der Waals surface area contributed by atoms with Crippen LogP contribution in [0.4, 0.5) is 0 Å². The summed E-state index contributed by atoms with van der Waals surface area (Å²) in [5, 5.41) is 0. The molecule has 0 aliphatic heterocycles. The number of amidine groups is 1. The van der Waals surface area contributed by atoms with Crippen LogP contribution in [-0.2, 0) is 6.54 Å². The fourth-order valence-electron chi connectivity index (χ4n) is 0.840. The molecule has 0 aromatic carbocycles. The molecule has 12 heavy (non-hydrogen) atoms. The van der Waals surface area contributed by atoms with Gasteiger partial charge in [-0.05, 0) is 0 Å². The van der Waals surface area contributed by atoms with Crippen molar-refractivity contribution < 1.29 is 0 Å². The smallest absolute Gasteiger partial charge is 0.0946 e. The summed E-state index contributed by atoms with van der Waals surface area (Å²) in [5.41, 5.74) is 5.54. The van der Waals surface area contributed by atoms with E-state index in [-0.39, 0.29) is 0 Å². The third-order valence-electron chi connectivity index (χ3n) is 1.59. The van der Waals surface area contributed by atoms with Gasteiger partial charge in [-0.15, -0.1) is 0 Å². The quantitative estimate of drug-likeness (QED) is 0.527. The predicted molar refractivity (Wildman–Crippen MR) is 49.0 cm³/mol. The molecule has 2 N–H and O–H groups in total. The molecule has 0 saturated heterocycles. The van der Waals surface area contributed by atoms with Crippen molar-refractivity contribution in [2.75, 3.05) is 6.54 Å². The van der Waals surface area contributed by atoms with E-state index in [9.17, 15) is 0 Å². The molecule has 0 bridgehead atoms. The number of nitrogens with two attached hydrogens (primary N) is 1. The van der Waals surface area contributed by atoms with E-state index in [0.29, 0.717) is 0 Å². The summed E-state index contributed by atoms with van der Waals surface area (Å²) in [6, 6.07) is 0. The van der Waals surface area contributed by atoms with E-state index in [0.717, 1.165) is 25.3 Å². The Balaban J connectivity index is 2.28. The van der Waals surface area contributed by atoms with Crippen LogP contribution in [0.15, 0.2) is 23.7 Å². The van der Waals surface area contributed by atoms with Crippen molar-refractivity contribution in [1.29, 1.82) is 0 Å². The maximum Gasteiger partial charge on any atom is 0.0946 e. The molecule has 0 fully saturated rings. The minimum Gasteiger partial charge on any atom is -0.387 e. The standard InChI is InChI=1S/C8H14N4/c1-2-8(9)11-4-6-12-5-3-10-7-12/h3,5,7H,2,4,6H2,1H3,(H2,9,11). The summed E-state index contributed by atoms with van der Waals surface area (Å²) in [6.45, 7) is 3.58. The second-order valence-electron chi connectivity index (χ2n) is 2.53. The average Bonchev–Trinajstić information content (AvgIpc) is 2.57. The van der Waals surface area contributed by atoms with Gasteiger partial charge in [-0.3, -0.25) is 4.99 Å². The van der Waals surface area contributed by atoms with Gasteiger partial charge in [0.25, 0.3) is 0 Å². The Kier molecular flexibility index (Phi) is 3.32. The Morgan fingerprint density at radius 2 is 2.50 bits per heavy atom. The van der Waals surface area contributed by atoms with Crippen LogP contribution in [0.1, 0.15) is 13.3 Å². The fraction of sp³-hybridized carbons (Fsp3) is 0.500. The van der Waals surface area contributed by atoms with E-state index >= 15 is 0 Å². The molecular weight excluding hydrogens is 152 g/mol. The number of hydrogen-bond donors (Lipinski definition) is 1. The van der Waals surface area contributed by atoms with Gasteiger partial charge >= 0.3 is 0 Å². The average molecular weight is 166 g/mol. The van der Waals surface area contributed by atoms with E-state index in [2.05, 4.69) is 9.98 Å². The van der Waals surface area contributed by atoms with Gasteiger partial charge in [-0.25, -0.2) is 4.98 Å². The molecule has 0 saturated carbocycles. The van der Waals surface area contributed by atoms with Crippen LogP contribution in [0.2, 0.25) is 0 Å². The number of imidazole rings is 1. The van der Waals surface area contributed by atoms with Crippen molar-refractivity contribution >= 4 is 5.84 Å². The van der Waals surface area contributed by atoms with Crippen LogP contribution in [0.25, 0.3) is 0 Å². The van der Waals surface area contributed by atoms with Gasteiger partial charge in [-0.1, -0.05) is 6.92 Å². The number of aliphatic imine (C=N–C) groups is 1. The molecule has 4 heteroatoms. The molecule has 1 heterocycles. The summed E-state index contributed by atoms with van der Waals surface area (Å²) >= 11 is 0. The molecule has 1 aromatic rings. The van der Waals surface area contributed by atoms with Gasteiger partial charge < -0.3 is 10.3 Å². The van der Waals surface area contributed by atoms with Crippen molar-refractivity contribution in [3.63, 3.8) is 0 Å². The van der Waals surface area contributed by atoms with Crippen molar-refractivity contribution in [2.45, 2.75) is 19.9 Å². The molecule has 1 aromatic heterocycles. The summed E-state index contributed by atoms with van der Waals surface area (Å²) < 4.78 is 1.98.